The van der Waals surface area contributed by atoms with Gasteiger partial charge in [-0.3, -0.25) is 9.36 Å². The van der Waals surface area contributed by atoms with Gasteiger partial charge in [0.1, 0.15) is 0 Å². The molecule has 7 atom stereocenters. The van der Waals surface area contributed by atoms with Gasteiger partial charge in [0.15, 0.2) is 5.96 Å². The van der Waals surface area contributed by atoms with Gasteiger partial charge in [0.2, 0.25) is 0 Å². The Labute approximate surface area is 254 Å². The number of aliphatic imine (C=N–C) groups is 1. The second kappa shape index (κ2) is 11.3. The molecule has 2 heterocycles. The number of hydrogen-bond donors (Lipinski definition) is 2. The van der Waals surface area contributed by atoms with Crippen LogP contribution in [0.1, 0.15) is 66.0 Å². The lowest BCUT2D eigenvalue weighted by atomic mass is 9.45. The molecule has 8 heteroatoms. The Morgan fingerprint density at radius 2 is 1.83 bits per heavy atom. The summed E-state index contributed by atoms with van der Waals surface area (Å²) in [7, 11) is 0. The second-order valence-electron chi connectivity index (χ2n) is 13.8. The third-order valence-electron chi connectivity index (χ3n) is 10.4. The Bertz CT molecular complexity index is 1520. The molecule has 42 heavy (non-hydrogen) atoms. The number of piperazine rings is 1. The minimum absolute atomic E-state index is 0.0236. The van der Waals surface area contributed by atoms with E-state index in [4.69, 9.17) is 21.6 Å². The largest absolute Gasteiger partial charge is 0.340 e. The summed E-state index contributed by atoms with van der Waals surface area (Å²) in [4.78, 5) is 26.1. The normalized spacial score (nSPS) is 29.7. The van der Waals surface area contributed by atoms with Gasteiger partial charge in [-0.15, -0.1) is 0 Å². The van der Waals surface area contributed by atoms with Crippen LogP contribution in [0.3, 0.4) is 0 Å². The molecule has 2 aromatic carbocycles. The van der Waals surface area contributed by atoms with Crippen molar-refractivity contribution in [2.24, 2.45) is 28.2 Å². The van der Waals surface area contributed by atoms with E-state index in [0.29, 0.717) is 45.4 Å². The fraction of sp³-hybridized carbons (Fsp3) is 0.559. The summed E-state index contributed by atoms with van der Waals surface area (Å²) in [5, 5.41) is 8.67. The zero-order valence-electron chi connectivity index (χ0n) is 25.8. The van der Waals surface area contributed by atoms with E-state index >= 15 is 0 Å². The third kappa shape index (κ3) is 5.58. The molecule has 2 N–H and O–H groups in total. The second-order valence-corrected chi connectivity index (χ2v) is 14.3. The molecule has 0 unspecified atom stereocenters. The van der Waals surface area contributed by atoms with Crippen LogP contribution >= 0.6 is 11.6 Å². The molecule has 1 aliphatic heterocycles. The number of anilines is 1. The standard InChI is InChI=1S/C34H45ClN6O/c1-20-17-40(18-21(2)37-20)33(39-30-15-25-14-29(23(30)4)34(25,5)6)38-27-11-12-28-31(16-27)36-19-41(32(28)42)22(3)13-24-7-9-26(35)10-8-24/h7-12,16,19-23,25,29-30,37H,13-15,17-18H2,1-6H3,(H,38,39)/t20-,21+,22-,23-,25+,29+,30+/m1/s1. The van der Waals surface area contributed by atoms with Crippen LogP contribution in [-0.4, -0.2) is 51.6 Å². The van der Waals surface area contributed by atoms with Gasteiger partial charge in [-0.1, -0.05) is 44.5 Å². The molecule has 0 spiro atoms. The first-order chi connectivity index (χ1) is 20.0. The minimum atomic E-state index is -0.0301. The summed E-state index contributed by atoms with van der Waals surface area (Å²) in [5.41, 5.74) is 3.14. The van der Waals surface area contributed by atoms with Crippen molar-refractivity contribution >= 4 is 34.2 Å². The van der Waals surface area contributed by atoms with E-state index < -0.39 is 0 Å². The Balaban J connectivity index is 1.26. The van der Waals surface area contributed by atoms with Crippen molar-refractivity contribution in [3.63, 3.8) is 0 Å². The fourth-order valence-corrected chi connectivity index (χ4v) is 7.98. The van der Waals surface area contributed by atoms with Crippen molar-refractivity contribution in [3.8, 4) is 0 Å². The average Bonchev–Trinajstić information content (AvgIpc) is 2.94. The molecule has 3 aliphatic carbocycles. The van der Waals surface area contributed by atoms with Gasteiger partial charge in [0, 0.05) is 41.9 Å². The van der Waals surface area contributed by atoms with Crippen molar-refractivity contribution in [1.29, 1.82) is 0 Å². The summed E-state index contributed by atoms with van der Waals surface area (Å²) in [5.74, 6) is 2.99. The van der Waals surface area contributed by atoms with E-state index in [2.05, 4.69) is 57.1 Å². The van der Waals surface area contributed by atoms with Gasteiger partial charge in [0.05, 0.1) is 23.3 Å². The van der Waals surface area contributed by atoms with Gasteiger partial charge >= 0.3 is 0 Å². The Hall–Kier alpha value is -2.90. The van der Waals surface area contributed by atoms with E-state index in [-0.39, 0.29) is 11.6 Å². The maximum atomic E-state index is 13.5. The van der Waals surface area contributed by atoms with Crippen LogP contribution in [0.25, 0.3) is 10.9 Å². The van der Waals surface area contributed by atoms with E-state index in [0.717, 1.165) is 55.0 Å². The van der Waals surface area contributed by atoms with Crippen LogP contribution in [0.2, 0.25) is 5.02 Å². The highest BCUT2D eigenvalue weighted by Gasteiger charge is 2.56. The van der Waals surface area contributed by atoms with Crippen LogP contribution in [-0.2, 0) is 6.42 Å². The van der Waals surface area contributed by atoms with Gasteiger partial charge < -0.3 is 15.5 Å². The predicted molar refractivity (Wildman–Crippen MR) is 174 cm³/mol. The molecular weight excluding hydrogens is 544 g/mol. The van der Waals surface area contributed by atoms with E-state index in [9.17, 15) is 4.79 Å². The molecule has 3 saturated carbocycles. The van der Waals surface area contributed by atoms with Crippen LogP contribution in [0.4, 0.5) is 5.69 Å². The Morgan fingerprint density at radius 1 is 1.12 bits per heavy atom. The average molecular weight is 589 g/mol. The van der Waals surface area contributed by atoms with Crippen molar-refractivity contribution in [2.75, 3.05) is 18.4 Å². The highest BCUT2D eigenvalue weighted by Crippen LogP contribution is 2.61. The number of fused-ring (bicyclic) bond motifs is 3. The number of rotatable bonds is 5. The molecule has 0 amide bonds. The molecule has 3 aromatic rings. The van der Waals surface area contributed by atoms with Crippen molar-refractivity contribution in [1.82, 2.24) is 19.8 Å². The quantitative estimate of drug-likeness (QED) is 0.267. The highest BCUT2D eigenvalue weighted by molar-refractivity contribution is 6.30. The van der Waals surface area contributed by atoms with Crippen molar-refractivity contribution < 1.29 is 0 Å². The van der Waals surface area contributed by atoms with Gasteiger partial charge in [-0.2, -0.15) is 0 Å². The lowest BCUT2D eigenvalue weighted by Gasteiger charge is -2.61. The van der Waals surface area contributed by atoms with E-state index in [1.54, 1.807) is 10.9 Å². The molecule has 7 rings (SSSR count). The molecule has 4 fully saturated rings. The fourth-order valence-electron chi connectivity index (χ4n) is 7.86. The van der Waals surface area contributed by atoms with Crippen LogP contribution in [0.15, 0.2) is 58.6 Å². The van der Waals surface area contributed by atoms with Crippen molar-refractivity contribution in [2.45, 2.75) is 85.0 Å². The first-order valence-corrected chi connectivity index (χ1v) is 16.0. The molecule has 7 nitrogen and oxygen atoms in total. The first-order valence-electron chi connectivity index (χ1n) is 15.6. The molecular formula is C34H45ClN6O. The number of aromatic nitrogens is 2. The molecule has 2 bridgehead atoms. The summed E-state index contributed by atoms with van der Waals surface area (Å²) in [6.07, 6.45) is 4.90. The molecule has 4 aliphatic rings. The van der Waals surface area contributed by atoms with Crippen LogP contribution in [0.5, 0.6) is 0 Å². The lowest BCUT2D eigenvalue weighted by Crippen LogP contribution is -2.59. The van der Waals surface area contributed by atoms with Gasteiger partial charge in [0.25, 0.3) is 5.56 Å². The maximum Gasteiger partial charge on any atom is 0.261 e. The molecule has 1 saturated heterocycles. The zero-order valence-corrected chi connectivity index (χ0v) is 26.5. The van der Waals surface area contributed by atoms with Crippen molar-refractivity contribution in [3.05, 3.63) is 69.7 Å². The predicted octanol–water partition coefficient (Wildman–Crippen LogP) is 6.37. The number of halogens is 1. The number of nitrogens with one attached hydrogen (secondary N) is 2. The number of nitrogens with zero attached hydrogens (tertiary/aromatic N) is 4. The topological polar surface area (TPSA) is 74.5 Å². The Kier molecular flexibility index (Phi) is 7.86. The van der Waals surface area contributed by atoms with Crippen LogP contribution < -0.4 is 16.2 Å². The number of benzene rings is 2. The summed E-state index contributed by atoms with van der Waals surface area (Å²) in [6, 6.07) is 14.7. The monoisotopic (exact) mass is 588 g/mol. The van der Waals surface area contributed by atoms with E-state index in [1.165, 1.54) is 6.42 Å². The third-order valence-corrected chi connectivity index (χ3v) is 10.7. The van der Waals surface area contributed by atoms with Crippen LogP contribution in [0, 0.1) is 23.2 Å². The molecule has 224 valence electrons. The zero-order chi connectivity index (χ0) is 29.8. The molecule has 1 aromatic heterocycles. The van der Waals surface area contributed by atoms with Gasteiger partial charge in [-0.25, -0.2) is 9.98 Å². The smallest absolute Gasteiger partial charge is 0.261 e. The van der Waals surface area contributed by atoms with Gasteiger partial charge in [-0.05, 0) is 99.1 Å². The first kappa shape index (κ1) is 29.2. The molecule has 0 radical (unpaired) electrons. The number of guanidine groups is 1. The summed E-state index contributed by atoms with van der Waals surface area (Å²) in [6.45, 7) is 15.6. The SMILES string of the molecule is C[C@H]1[C@@H](N=C(Nc2ccc3c(=O)n([C@H](C)Cc4ccc(Cl)cc4)cnc3c2)N2C[C@@H](C)N[C@@H](C)C2)C[C@@H]2C[C@@H]1C2(C)C. The van der Waals surface area contributed by atoms with E-state index in [1.807, 2.05) is 42.5 Å². The Morgan fingerprint density at radius 3 is 2.50 bits per heavy atom. The lowest BCUT2D eigenvalue weighted by molar-refractivity contribution is -0.108. The summed E-state index contributed by atoms with van der Waals surface area (Å²) < 4.78 is 1.73. The maximum absolute atomic E-state index is 13.5. The number of hydrogen-bond acceptors (Lipinski definition) is 4. The summed E-state index contributed by atoms with van der Waals surface area (Å²) >= 11 is 6.05. The highest BCUT2D eigenvalue weighted by atomic mass is 35.5. The minimum Gasteiger partial charge on any atom is -0.340 e.